The van der Waals surface area contributed by atoms with E-state index in [4.69, 9.17) is 15.7 Å². The Kier molecular flexibility index (Phi) is 3.84. The van der Waals surface area contributed by atoms with Gasteiger partial charge in [-0.15, -0.1) is 0 Å². The van der Waals surface area contributed by atoms with Crippen LogP contribution in [0.15, 0.2) is 41.6 Å². The van der Waals surface area contributed by atoms with E-state index in [9.17, 15) is 8.78 Å². The quantitative estimate of drug-likeness (QED) is 0.392. The number of amidine groups is 1. The molecule has 0 aliphatic carbocycles. The SMILES string of the molecule is Cc1ccc(Oc2cc(F)ccc2F)c(/C(N)=N/O)c1. The fourth-order valence-electron chi connectivity index (χ4n) is 1.66. The highest BCUT2D eigenvalue weighted by Crippen LogP contribution is 2.28. The highest BCUT2D eigenvalue weighted by molar-refractivity contribution is 5.99. The van der Waals surface area contributed by atoms with Crippen molar-refractivity contribution in [2.45, 2.75) is 6.92 Å². The molecule has 0 aliphatic rings. The van der Waals surface area contributed by atoms with Gasteiger partial charge in [-0.3, -0.25) is 0 Å². The van der Waals surface area contributed by atoms with Crippen molar-refractivity contribution in [1.29, 1.82) is 0 Å². The van der Waals surface area contributed by atoms with Crippen LogP contribution in [0.3, 0.4) is 0 Å². The number of nitrogens with two attached hydrogens (primary N) is 1. The molecule has 0 radical (unpaired) electrons. The van der Waals surface area contributed by atoms with Crippen molar-refractivity contribution >= 4 is 5.84 Å². The molecular weight excluding hydrogens is 266 g/mol. The molecule has 6 heteroatoms. The molecule has 0 heterocycles. The summed E-state index contributed by atoms with van der Waals surface area (Å²) >= 11 is 0. The van der Waals surface area contributed by atoms with E-state index >= 15 is 0 Å². The maximum atomic E-state index is 13.5. The molecule has 0 unspecified atom stereocenters. The van der Waals surface area contributed by atoms with E-state index in [2.05, 4.69) is 5.16 Å². The fraction of sp³-hybridized carbons (Fsp3) is 0.0714. The number of nitrogens with zero attached hydrogens (tertiary/aromatic N) is 1. The largest absolute Gasteiger partial charge is 0.453 e. The molecule has 0 aromatic heterocycles. The highest BCUT2D eigenvalue weighted by atomic mass is 19.1. The van der Waals surface area contributed by atoms with E-state index < -0.39 is 11.6 Å². The van der Waals surface area contributed by atoms with Crippen LogP contribution in [-0.2, 0) is 0 Å². The number of rotatable bonds is 3. The van der Waals surface area contributed by atoms with Gasteiger partial charge in [0, 0.05) is 6.07 Å². The minimum atomic E-state index is -0.711. The monoisotopic (exact) mass is 278 g/mol. The summed E-state index contributed by atoms with van der Waals surface area (Å²) in [6.07, 6.45) is 0. The van der Waals surface area contributed by atoms with Crippen LogP contribution >= 0.6 is 0 Å². The van der Waals surface area contributed by atoms with Gasteiger partial charge in [-0.2, -0.15) is 0 Å². The van der Waals surface area contributed by atoms with Crippen LogP contribution in [0.25, 0.3) is 0 Å². The van der Waals surface area contributed by atoms with Crippen LogP contribution in [0.2, 0.25) is 0 Å². The van der Waals surface area contributed by atoms with Gasteiger partial charge in [0.15, 0.2) is 17.4 Å². The lowest BCUT2D eigenvalue weighted by Crippen LogP contribution is -2.14. The summed E-state index contributed by atoms with van der Waals surface area (Å²) in [6.45, 7) is 1.81. The Morgan fingerprint density at radius 3 is 2.60 bits per heavy atom. The number of hydrogen-bond acceptors (Lipinski definition) is 3. The maximum Gasteiger partial charge on any atom is 0.173 e. The van der Waals surface area contributed by atoms with Crippen molar-refractivity contribution in [2.24, 2.45) is 10.9 Å². The summed E-state index contributed by atoms with van der Waals surface area (Å²) in [4.78, 5) is 0. The lowest BCUT2D eigenvalue weighted by atomic mass is 10.1. The van der Waals surface area contributed by atoms with Crippen LogP contribution in [0.5, 0.6) is 11.5 Å². The summed E-state index contributed by atoms with van der Waals surface area (Å²) in [5.41, 5.74) is 6.67. The van der Waals surface area contributed by atoms with Gasteiger partial charge < -0.3 is 15.7 Å². The van der Waals surface area contributed by atoms with Gasteiger partial charge in [0.25, 0.3) is 0 Å². The Balaban J connectivity index is 2.46. The summed E-state index contributed by atoms with van der Waals surface area (Å²) in [6, 6.07) is 7.73. The van der Waals surface area contributed by atoms with Gasteiger partial charge in [-0.1, -0.05) is 16.8 Å². The van der Waals surface area contributed by atoms with Crippen molar-refractivity contribution < 1.29 is 18.7 Å². The van der Waals surface area contributed by atoms with Crippen LogP contribution in [0.1, 0.15) is 11.1 Å². The maximum absolute atomic E-state index is 13.5. The van der Waals surface area contributed by atoms with Crippen molar-refractivity contribution in [2.75, 3.05) is 0 Å². The zero-order chi connectivity index (χ0) is 14.7. The van der Waals surface area contributed by atoms with Crippen LogP contribution in [0, 0.1) is 18.6 Å². The first-order chi connectivity index (χ1) is 9.51. The predicted octanol–water partition coefficient (Wildman–Crippen LogP) is 3.16. The average molecular weight is 278 g/mol. The molecule has 3 N–H and O–H groups in total. The van der Waals surface area contributed by atoms with E-state index in [-0.39, 0.29) is 22.9 Å². The molecule has 0 spiro atoms. The normalized spacial score (nSPS) is 11.4. The first-order valence-electron chi connectivity index (χ1n) is 5.72. The summed E-state index contributed by atoms with van der Waals surface area (Å²) in [5.74, 6) is -1.63. The van der Waals surface area contributed by atoms with E-state index in [0.29, 0.717) is 0 Å². The molecule has 104 valence electrons. The number of benzene rings is 2. The van der Waals surface area contributed by atoms with Crippen LogP contribution < -0.4 is 10.5 Å². The number of ether oxygens (including phenoxy) is 1. The third kappa shape index (κ3) is 2.85. The molecule has 2 aromatic rings. The zero-order valence-electron chi connectivity index (χ0n) is 10.6. The van der Waals surface area contributed by atoms with Crippen LogP contribution in [-0.4, -0.2) is 11.0 Å². The summed E-state index contributed by atoms with van der Waals surface area (Å²) in [7, 11) is 0. The second kappa shape index (κ2) is 5.56. The highest BCUT2D eigenvalue weighted by Gasteiger charge is 2.12. The van der Waals surface area contributed by atoms with Gasteiger partial charge in [0.2, 0.25) is 0 Å². The number of hydrogen-bond donors (Lipinski definition) is 2. The summed E-state index contributed by atoms with van der Waals surface area (Å²) in [5, 5.41) is 11.6. The molecule has 2 aromatic carbocycles. The van der Waals surface area contributed by atoms with Gasteiger partial charge in [0.05, 0.1) is 5.56 Å². The molecule has 0 aliphatic heterocycles. The lowest BCUT2D eigenvalue weighted by molar-refractivity contribution is 0.318. The molecule has 0 atom stereocenters. The zero-order valence-corrected chi connectivity index (χ0v) is 10.6. The topological polar surface area (TPSA) is 67.8 Å². The molecule has 0 fully saturated rings. The Bertz CT molecular complexity index is 672. The predicted molar refractivity (Wildman–Crippen MR) is 70.1 cm³/mol. The van der Waals surface area contributed by atoms with E-state index in [1.807, 2.05) is 0 Å². The van der Waals surface area contributed by atoms with Crippen molar-refractivity contribution in [3.05, 3.63) is 59.2 Å². The van der Waals surface area contributed by atoms with Gasteiger partial charge >= 0.3 is 0 Å². The average Bonchev–Trinajstić information content (AvgIpc) is 2.43. The Morgan fingerprint density at radius 2 is 1.90 bits per heavy atom. The molecular formula is C14H12F2N2O2. The Labute approximate surface area is 114 Å². The van der Waals surface area contributed by atoms with E-state index in [0.717, 1.165) is 23.8 Å². The minimum Gasteiger partial charge on any atom is -0.453 e. The smallest absolute Gasteiger partial charge is 0.173 e. The van der Waals surface area contributed by atoms with Crippen molar-refractivity contribution in [3.63, 3.8) is 0 Å². The van der Waals surface area contributed by atoms with Crippen LogP contribution in [0.4, 0.5) is 8.78 Å². The third-order valence-corrected chi connectivity index (χ3v) is 2.63. The first kappa shape index (κ1) is 13.8. The van der Waals surface area contributed by atoms with Crippen molar-refractivity contribution in [1.82, 2.24) is 0 Å². The minimum absolute atomic E-state index is 0.162. The molecule has 2 rings (SSSR count). The molecule has 0 saturated heterocycles. The Morgan fingerprint density at radius 1 is 1.15 bits per heavy atom. The molecule has 0 saturated carbocycles. The van der Waals surface area contributed by atoms with Gasteiger partial charge in [-0.25, -0.2) is 8.78 Å². The Hall–Kier alpha value is -2.63. The molecule has 20 heavy (non-hydrogen) atoms. The molecule has 0 bridgehead atoms. The van der Waals surface area contributed by atoms with E-state index in [1.54, 1.807) is 19.1 Å². The fourth-order valence-corrected chi connectivity index (χ4v) is 1.66. The number of halogens is 2. The standard InChI is InChI=1S/C14H12F2N2O2/c1-8-2-5-12(10(6-8)14(17)18-19)20-13-7-9(15)3-4-11(13)16/h2-7,19H,1H3,(H2,17,18). The second-order valence-electron chi connectivity index (χ2n) is 4.16. The van der Waals surface area contributed by atoms with E-state index in [1.165, 1.54) is 6.07 Å². The lowest BCUT2D eigenvalue weighted by Gasteiger charge is -2.11. The third-order valence-electron chi connectivity index (χ3n) is 2.63. The molecule has 0 amide bonds. The number of oxime groups is 1. The van der Waals surface area contributed by atoms with Gasteiger partial charge in [-0.05, 0) is 31.2 Å². The van der Waals surface area contributed by atoms with Gasteiger partial charge in [0.1, 0.15) is 11.6 Å². The first-order valence-corrected chi connectivity index (χ1v) is 5.72. The second-order valence-corrected chi connectivity index (χ2v) is 4.16. The molecule has 4 nitrogen and oxygen atoms in total. The summed E-state index contributed by atoms with van der Waals surface area (Å²) < 4.78 is 32.0. The van der Waals surface area contributed by atoms with Crippen molar-refractivity contribution in [3.8, 4) is 11.5 Å². The number of aryl methyl sites for hydroxylation is 1.